The molecule has 1 heterocycles. The van der Waals surface area contributed by atoms with Crippen LogP contribution in [0, 0.1) is 24.0 Å². The SMILES string of the molecule is COC[C@@H](C)n1c(C)cc(C(=O)COc2ccc([N+](=O)[O-])cc2)c1C. The second kappa shape index (κ2) is 7.94. The van der Waals surface area contributed by atoms with Crippen LogP contribution < -0.4 is 4.74 Å². The number of Topliss-reactive ketones (excluding diaryl/α,β-unsaturated/α-hetero) is 1. The minimum Gasteiger partial charge on any atom is -0.485 e. The highest BCUT2D eigenvalue weighted by molar-refractivity contribution is 5.98. The lowest BCUT2D eigenvalue weighted by Gasteiger charge is -2.17. The molecule has 2 rings (SSSR count). The lowest BCUT2D eigenvalue weighted by Crippen LogP contribution is -2.16. The van der Waals surface area contributed by atoms with E-state index in [2.05, 4.69) is 4.57 Å². The molecule has 0 fully saturated rings. The molecule has 0 aliphatic heterocycles. The number of nitro groups is 1. The minimum absolute atomic E-state index is 0.0191. The zero-order chi connectivity index (χ0) is 18.6. The van der Waals surface area contributed by atoms with Crippen molar-refractivity contribution in [2.75, 3.05) is 20.3 Å². The van der Waals surface area contributed by atoms with E-state index in [4.69, 9.17) is 9.47 Å². The van der Waals surface area contributed by atoms with Crippen molar-refractivity contribution in [2.24, 2.45) is 0 Å². The molecule has 1 atom stereocenters. The number of nitrogens with zero attached hydrogens (tertiary/aromatic N) is 2. The van der Waals surface area contributed by atoms with Crippen LogP contribution >= 0.6 is 0 Å². The summed E-state index contributed by atoms with van der Waals surface area (Å²) >= 11 is 0. The molecule has 0 radical (unpaired) electrons. The Morgan fingerprint density at radius 1 is 1.28 bits per heavy atom. The Labute approximate surface area is 146 Å². The zero-order valence-electron chi connectivity index (χ0n) is 14.8. The summed E-state index contributed by atoms with van der Waals surface area (Å²) in [5.41, 5.74) is 2.46. The zero-order valence-corrected chi connectivity index (χ0v) is 14.8. The topological polar surface area (TPSA) is 83.6 Å². The number of carbonyl (C=O) groups is 1. The van der Waals surface area contributed by atoms with Crippen LogP contribution in [-0.4, -0.2) is 35.6 Å². The molecular formula is C18H22N2O5. The fourth-order valence-corrected chi connectivity index (χ4v) is 2.94. The number of hydrogen-bond donors (Lipinski definition) is 0. The van der Waals surface area contributed by atoms with E-state index in [9.17, 15) is 14.9 Å². The quantitative estimate of drug-likeness (QED) is 0.415. The summed E-state index contributed by atoms with van der Waals surface area (Å²) in [6, 6.07) is 7.63. The lowest BCUT2D eigenvalue weighted by atomic mass is 10.1. The van der Waals surface area contributed by atoms with Gasteiger partial charge < -0.3 is 14.0 Å². The smallest absolute Gasteiger partial charge is 0.269 e. The second-order valence-electron chi connectivity index (χ2n) is 5.92. The molecule has 1 aromatic heterocycles. The van der Waals surface area contributed by atoms with E-state index in [0.717, 1.165) is 11.4 Å². The molecule has 0 aliphatic rings. The number of methoxy groups -OCH3 is 1. The third kappa shape index (κ3) is 4.24. The first-order valence-electron chi connectivity index (χ1n) is 7.93. The highest BCUT2D eigenvalue weighted by Crippen LogP contribution is 2.22. The molecule has 0 unspecified atom stereocenters. The van der Waals surface area contributed by atoms with Crippen molar-refractivity contribution < 1.29 is 19.2 Å². The van der Waals surface area contributed by atoms with Crippen molar-refractivity contribution in [3.05, 3.63) is 57.4 Å². The molecule has 0 saturated heterocycles. The molecule has 25 heavy (non-hydrogen) atoms. The highest BCUT2D eigenvalue weighted by Gasteiger charge is 2.19. The lowest BCUT2D eigenvalue weighted by molar-refractivity contribution is -0.384. The predicted octanol–water partition coefficient (Wildman–Crippen LogP) is 3.48. The Bertz CT molecular complexity index is 765. The normalized spacial score (nSPS) is 12.0. The first kappa shape index (κ1) is 18.7. The molecule has 7 nitrogen and oxygen atoms in total. The van der Waals surface area contributed by atoms with Crippen LogP contribution in [0.25, 0.3) is 0 Å². The molecule has 0 N–H and O–H groups in total. The molecule has 0 spiro atoms. The van der Waals surface area contributed by atoms with Crippen LogP contribution in [0.1, 0.15) is 34.7 Å². The van der Waals surface area contributed by atoms with E-state index in [1.165, 1.54) is 24.3 Å². The monoisotopic (exact) mass is 346 g/mol. The van der Waals surface area contributed by atoms with Crippen LogP contribution in [0.3, 0.4) is 0 Å². The molecule has 7 heteroatoms. The van der Waals surface area contributed by atoms with Gasteiger partial charge in [0.1, 0.15) is 5.75 Å². The Hall–Kier alpha value is -2.67. The Morgan fingerprint density at radius 3 is 2.48 bits per heavy atom. The highest BCUT2D eigenvalue weighted by atomic mass is 16.6. The Balaban J connectivity index is 2.08. The number of ether oxygens (including phenoxy) is 2. The number of rotatable bonds is 8. The Kier molecular flexibility index (Phi) is 5.93. The number of carbonyl (C=O) groups excluding carboxylic acids is 1. The summed E-state index contributed by atoms with van der Waals surface area (Å²) in [6.07, 6.45) is 0. The average molecular weight is 346 g/mol. The van der Waals surface area contributed by atoms with Crippen molar-refractivity contribution in [2.45, 2.75) is 26.8 Å². The van der Waals surface area contributed by atoms with Gasteiger partial charge in [-0.1, -0.05) is 0 Å². The number of aryl methyl sites for hydroxylation is 1. The van der Waals surface area contributed by atoms with E-state index >= 15 is 0 Å². The number of non-ortho nitro benzene ring substituents is 1. The predicted molar refractivity (Wildman–Crippen MR) is 93.4 cm³/mol. The second-order valence-corrected chi connectivity index (χ2v) is 5.92. The van der Waals surface area contributed by atoms with Crippen molar-refractivity contribution >= 4 is 11.5 Å². The molecule has 1 aromatic carbocycles. The van der Waals surface area contributed by atoms with Crippen LogP contribution in [0.15, 0.2) is 30.3 Å². The summed E-state index contributed by atoms with van der Waals surface area (Å²) in [6.45, 7) is 6.32. The van der Waals surface area contributed by atoms with Crippen molar-refractivity contribution in [3.8, 4) is 5.75 Å². The van der Waals surface area contributed by atoms with Gasteiger partial charge in [-0.25, -0.2) is 0 Å². The number of benzene rings is 1. The Morgan fingerprint density at radius 2 is 1.92 bits per heavy atom. The summed E-state index contributed by atoms with van der Waals surface area (Å²) in [4.78, 5) is 22.6. The van der Waals surface area contributed by atoms with Crippen LogP contribution in [0.5, 0.6) is 5.75 Å². The van der Waals surface area contributed by atoms with E-state index in [1.807, 2.05) is 26.8 Å². The minimum atomic E-state index is -0.481. The van der Waals surface area contributed by atoms with Crippen molar-refractivity contribution in [1.29, 1.82) is 0 Å². The largest absolute Gasteiger partial charge is 0.485 e. The molecular weight excluding hydrogens is 324 g/mol. The van der Waals surface area contributed by atoms with Gasteiger partial charge in [-0.3, -0.25) is 14.9 Å². The van der Waals surface area contributed by atoms with Gasteiger partial charge in [-0.05, 0) is 39.0 Å². The number of nitro benzene ring substituents is 1. The summed E-state index contributed by atoms with van der Waals surface area (Å²) in [5.74, 6) is 0.280. The van der Waals surface area contributed by atoms with Crippen LogP contribution in [0.2, 0.25) is 0 Å². The van der Waals surface area contributed by atoms with Gasteiger partial charge in [0.15, 0.2) is 6.61 Å². The molecule has 0 bridgehead atoms. The maximum absolute atomic E-state index is 12.5. The first-order valence-corrected chi connectivity index (χ1v) is 7.93. The number of ketones is 1. The average Bonchev–Trinajstić information content (AvgIpc) is 2.88. The third-order valence-electron chi connectivity index (χ3n) is 4.05. The first-order chi connectivity index (χ1) is 11.8. The van der Waals surface area contributed by atoms with Crippen LogP contribution in [-0.2, 0) is 4.74 Å². The fraction of sp³-hybridized carbons (Fsp3) is 0.389. The van der Waals surface area contributed by atoms with Gasteiger partial charge in [0, 0.05) is 36.2 Å². The van der Waals surface area contributed by atoms with E-state index in [1.54, 1.807) is 7.11 Å². The van der Waals surface area contributed by atoms with E-state index in [-0.39, 0.29) is 24.1 Å². The number of hydrogen-bond acceptors (Lipinski definition) is 5. The molecule has 0 aliphatic carbocycles. The third-order valence-corrected chi connectivity index (χ3v) is 4.05. The van der Waals surface area contributed by atoms with Gasteiger partial charge in [0.05, 0.1) is 17.6 Å². The van der Waals surface area contributed by atoms with E-state index < -0.39 is 4.92 Å². The molecule has 134 valence electrons. The standard InChI is InChI=1S/C18H22N2O5/c1-12-9-17(14(3)19(12)13(2)10-24-4)18(21)11-25-16-7-5-15(6-8-16)20(22)23/h5-9,13H,10-11H2,1-4H3/t13-/m1/s1. The van der Waals surface area contributed by atoms with Gasteiger partial charge in [-0.15, -0.1) is 0 Å². The van der Waals surface area contributed by atoms with E-state index in [0.29, 0.717) is 17.9 Å². The fourth-order valence-electron chi connectivity index (χ4n) is 2.94. The van der Waals surface area contributed by atoms with Crippen molar-refractivity contribution in [3.63, 3.8) is 0 Å². The molecule has 0 amide bonds. The maximum atomic E-state index is 12.5. The van der Waals surface area contributed by atoms with Gasteiger partial charge >= 0.3 is 0 Å². The van der Waals surface area contributed by atoms with Gasteiger partial charge in [0.2, 0.25) is 5.78 Å². The van der Waals surface area contributed by atoms with Crippen molar-refractivity contribution in [1.82, 2.24) is 4.57 Å². The summed E-state index contributed by atoms with van der Waals surface area (Å²) in [7, 11) is 1.65. The summed E-state index contributed by atoms with van der Waals surface area (Å²) < 4.78 is 12.7. The van der Waals surface area contributed by atoms with Gasteiger partial charge in [0.25, 0.3) is 5.69 Å². The molecule has 0 saturated carbocycles. The maximum Gasteiger partial charge on any atom is 0.269 e. The number of aromatic nitrogens is 1. The summed E-state index contributed by atoms with van der Waals surface area (Å²) in [5, 5.41) is 10.6. The van der Waals surface area contributed by atoms with Gasteiger partial charge in [-0.2, -0.15) is 0 Å². The molecule has 2 aromatic rings. The van der Waals surface area contributed by atoms with Crippen LogP contribution in [0.4, 0.5) is 5.69 Å².